The third kappa shape index (κ3) is 1.92. The molecule has 0 atom stereocenters. The number of hydrogen-bond acceptors (Lipinski definition) is 5. The van der Waals surface area contributed by atoms with Crippen molar-refractivity contribution in [1.82, 2.24) is 9.55 Å². The highest BCUT2D eigenvalue weighted by atomic mass is 32.1. The number of hydrogen-bond donors (Lipinski definition) is 0. The number of carbonyl (C=O) groups is 1. The van der Waals surface area contributed by atoms with Gasteiger partial charge in [-0.05, 0) is 26.3 Å². The Hall–Kier alpha value is -1.69. The van der Waals surface area contributed by atoms with Crippen molar-refractivity contribution in [1.29, 1.82) is 0 Å². The van der Waals surface area contributed by atoms with E-state index in [4.69, 9.17) is 0 Å². The first-order valence-corrected chi connectivity index (χ1v) is 6.31. The fraction of sp³-hybridized carbons (Fsp3) is 0.417. The number of thiophene rings is 1. The summed E-state index contributed by atoms with van der Waals surface area (Å²) in [6, 6.07) is 0. The first-order chi connectivity index (χ1) is 8.45. The maximum absolute atomic E-state index is 12.4. The van der Waals surface area contributed by atoms with Crippen molar-refractivity contribution in [3.8, 4) is 0 Å². The van der Waals surface area contributed by atoms with Gasteiger partial charge in [-0.25, -0.2) is 4.98 Å². The van der Waals surface area contributed by atoms with Gasteiger partial charge in [0.1, 0.15) is 17.2 Å². The minimum absolute atomic E-state index is 0.0988. The van der Waals surface area contributed by atoms with Gasteiger partial charge in [-0.2, -0.15) is 0 Å². The van der Waals surface area contributed by atoms with Crippen LogP contribution in [0.15, 0.2) is 4.79 Å². The lowest BCUT2D eigenvalue weighted by molar-refractivity contribution is -0.141. The number of fused-ring (bicyclic) bond motifs is 1. The molecule has 0 aliphatic rings. The van der Waals surface area contributed by atoms with Gasteiger partial charge in [0.25, 0.3) is 5.56 Å². The maximum atomic E-state index is 12.4. The Morgan fingerprint density at radius 1 is 1.39 bits per heavy atom. The summed E-state index contributed by atoms with van der Waals surface area (Å²) in [7, 11) is 1.30. The van der Waals surface area contributed by atoms with Gasteiger partial charge in [-0.1, -0.05) is 0 Å². The molecule has 2 heterocycles. The van der Waals surface area contributed by atoms with Crippen molar-refractivity contribution in [2.24, 2.45) is 0 Å². The molecule has 18 heavy (non-hydrogen) atoms. The topological polar surface area (TPSA) is 61.2 Å². The lowest BCUT2D eigenvalue weighted by Gasteiger charge is -2.07. The number of rotatable bonds is 2. The zero-order valence-corrected chi connectivity index (χ0v) is 11.6. The SMILES string of the molecule is COC(=O)Cn1c(C)nc2sc(C)c(C)c2c1=O. The molecule has 0 bridgehead atoms. The van der Waals surface area contributed by atoms with Gasteiger partial charge >= 0.3 is 5.97 Å². The molecule has 0 spiro atoms. The van der Waals surface area contributed by atoms with E-state index in [1.165, 1.54) is 23.0 Å². The monoisotopic (exact) mass is 266 g/mol. The van der Waals surface area contributed by atoms with Gasteiger partial charge in [0, 0.05) is 4.88 Å². The van der Waals surface area contributed by atoms with Gasteiger partial charge in [0.15, 0.2) is 0 Å². The van der Waals surface area contributed by atoms with Gasteiger partial charge in [0.05, 0.1) is 12.5 Å². The molecule has 0 unspecified atom stereocenters. The largest absolute Gasteiger partial charge is 0.468 e. The van der Waals surface area contributed by atoms with Gasteiger partial charge < -0.3 is 4.74 Å². The van der Waals surface area contributed by atoms with E-state index in [1.54, 1.807) is 6.92 Å². The van der Waals surface area contributed by atoms with Crippen LogP contribution in [0.2, 0.25) is 0 Å². The lowest BCUT2D eigenvalue weighted by atomic mass is 10.2. The summed E-state index contributed by atoms with van der Waals surface area (Å²) in [5, 5.41) is 0.604. The van der Waals surface area contributed by atoms with E-state index in [-0.39, 0.29) is 12.1 Å². The van der Waals surface area contributed by atoms with Crippen LogP contribution in [0.25, 0.3) is 10.2 Å². The molecule has 0 aliphatic heterocycles. The summed E-state index contributed by atoms with van der Waals surface area (Å²) in [5.74, 6) is 0.0742. The Morgan fingerprint density at radius 2 is 2.06 bits per heavy atom. The van der Waals surface area contributed by atoms with Crippen LogP contribution in [0.4, 0.5) is 0 Å². The molecule has 0 saturated carbocycles. The molecule has 2 aromatic heterocycles. The van der Waals surface area contributed by atoms with Crippen LogP contribution >= 0.6 is 11.3 Å². The van der Waals surface area contributed by atoms with Crippen LogP contribution in [0.5, 0.6) is 0 Å². The molecule has 0 radical (unpaired) electrons. The second-order valence-electron chi connectivity index (χ2n) is 4.09. The predicted octanol–water partition coefficient (Wildman–Crippen LogP) is 1.56. The summed E-state index contributed by atoms with van der Waals surface area (Å²) < 4.78 is 5.94. The van der Waals surface area contributed by atoms with E-state index >= 15 is 0 Å². The van der Waals surface area contributed by atoms with Crippen LogP contribution in [0.3, 0.4) is 0 Å². The van der Waals surface area contributed by atoms with E-state index in [0.717, 1.165) is 15.3 Å². The molecule has 0 aliphatic carbocycles. The van der Waals surface area contributed by atoms with Crippen LogP contribution in [-0.2, 0) is 16.1 Å². The van der Waals surface area contributed by atoms with Gasteiger partial charge in [-0.3, -0.25) is 14.2 Å². The molecule has 2 rings (SSSR count). The molecular formula is C12H14N2O3S. The van der Waals surface area contributed by atoms with Crippen LogP contribution in [0, 0.1) is 20.8 Å². The normalized spacial score (nSPS) is 10.9. The minimum atomic E-state index is -0.453. The Morgan fingerprint density at radius 3 is 2.67 bits per heavy atom. The van der Waals surface area contributed by atoms with Gasteiger partial charge in [-0.15, -0.1) is 11.3 Å². The summed E-state index contributed by atoms with van der Waals surface area (Å²) in [5.41, 5.74) is 0.760. The Kier molecular flexibility index (Phi) is 3.21. The predicted molar refractivity (Wildman–Crippen MR) is 70.1 cm³/mol. The van der Waals surface area contributed by atoms with E-state index in [0.29, 0.717) is 11.2 Å². The Balaban J connectivity index is 2.71. The number of methoxy groups -OCH3 is 1. The number of ether oxygens (including phenoxy) is 1. The molecule has 0 fully saturated rings. The van der Waals surface area contributed by atoms with Crippen molar-refractivity contribution in [2.45, 2.75) is 27.3 Å². The quantitative estimate of drug-likeness (QED) is 0.774. The molecule has 6 heteroatoms. The van der Waals surface area contributed by atoms with Crippen molar-refractivity contribution < 1.29 is 9.53 Å². The lowest BCUT2D eigenvalue weighted by Crippen LogP contribution is -2.27. The Bertz CT molecular complexity index is 685. The highest BCUT2D eigenvalue weighted by molar-refractivity contribution is 7.18. The molecule has 96 valence electrons. The Labute approximate surface area is 108 Å². The minimum Gasteiger partial charge on any atom is -0.468 e. The van der Waals surface area contributed by atoms with Crippen LogP contribution in [0.1, 0.15) is 16.3 Å². The second-order valence-corrected chi connectivity index (χ2v) is 5.29. The van der Waals surface area contributed by atoms with Gasteiger partial charge in [0.2, 0.25) is 0 Å². The third-order valence-corrected chi connectivity index (χ3v) is 4.10. The van der Waals surface area contributed by atoms with E-state index in [2.05, 4.69) is 9.72 Å². The van der Waals surface area contributed by atoms with Crippen molar-refractivity contribution in [3.63, 3.8) is 0 Å². The first-order valence-electron chi connectivity index (χ1n) is 5.49. The molecular weight excluding hydrogens is 252 g/mol. The van der Waals surface area contributed by atoms with Crippen molar-refractivity contribution >= 4 is 27.5 Å². The third-order valence-electron chi connectivity index (χ3n) is 2.99. The maximum Gasteiger partial charge on any atom is 0.325 e. The van der Waals surface area contributed by atoms with Crippen LogP contribution in [-0.4, -0.2) is 22.6 Å². The molecule has 0 amide bonds. The number of aromatic nitrogens is 2. The standard InChI is InChI=1S/C12H14N2O3S/c1-6-7(2)18-11-10(6)12(16)14(8(3)13-11)5-9(15)17-4/h5H2,1-4H3. The molecule has 0 saturated heterocycles. The summed E-state index contributed by atoms with van der Waals surface area (Å²) in [6.45, 7) is 5.47. The highest BCUT2D eigenvalue weighted by Gasteiger charge is 2.16. The number of esters is 1. The summed E-state index contributed by atoms with van der Waals surface area (Å²) >= 11 is 1.50. The van der Waals surface area contributed by atoms with E-state index < -0.39 is 5.97 Å². The fourth-order valence-corrected chi connectivity index (χ4v) is 2.87. The first kappa shape index (κ1) is 12.8. The van der Waals surface area contributed by atoms with E-state index in [1.807, 2.05) is 13.8 Å². The summed E-state index contributed by atoms with van der Waals surface area (Å²) in [4.78, 5) is 29.8. The smallest absolute Gasteiger partial charge is 0.325 e. The fourth-order valence-electron chi connectivity index (χ4n) is 1.81. The molecule has 0 aromatic carbocycles. The molecule has 0 N–H and O–H groups in total. The average Bonchev–Trinajstić information content (AvgIpc) is 2.60. The van der Waals surface area contributed by atoms with E-state index in [9.17, 15) is 9.59 Å². The summed E-state index contributed by atoms with van der Waals surface area (Å²) in [6.07, 6.45) is 0. The van der Waals surface area contributed by atoms with Crippen molar-refractivity contribution in [3.05, 3.63) is 26.6 Å². The number of aryl methyl sites for hydroxylation is 3. The zero-order chi connectivity index (χ0) is 13.4. The average molecular weight is 266 g/mol. The zero-order valence-electron chi connectivity index (χ0n) is 10.7. The number of carbonyl (C=O) groups excluding carboxylic acids is 1. The number of nitrogens with zero attached hydrogens (tertiary/aromatic N) is 2. The van der Waals surface area contributed by atoms with Crippen LogP contribution < -0.4 is 5.56 Å². The molecule has 2 aromatic rings. The highest BCUT2D eigenvalue weighted by Crippen LogP contribution is 2.26. The second kappa shape index (κ2) is 4.53. The molecule has 5 nitrogen and oxygen atoms in total. The van der Waals surface area contributed by atoms with Crippen molar-refractivity contribution in [2.75, 3.05) is 7.11 Å².